The lowest BCUT2D eigenvalue weighted by Gasteiger charge is -2.19. The molecule has 0 aliphatic rings. The van der Waals surface area contributed by atoms with Crippen molar-refractivity contribution in [3.05, 3.63) is 33.9 Å². The zero-order valence-corrected chi connectivity index (χ0v) is 9.76. The highest BCUT2D eigenvalue weighted by Crippen LogP contribution is 2.25. The molecule has 0 aromatic heterocycles. The first-order valence-corrected chi connectivity index (χ1v) is 4.91. The molecule has 6 heteroatoms. The molecular formula is C11H12N2O4. The SMILES string of the molecule is CC(=O)N(C(C)=O)c1ccc([N+](=O)[O-])cc1C. The second-order valence-corrected chi connectivity index (χ2v) is 3.60. The molecule has 0 fully saturated rings. The Kier molecular flexibility index (Phi) is 3.57. The van der Waals surface area contributed by atoms with E-state index in [-0.39, 0.29) is 5.69 Å². The molecular weight excluding hydrogens is 224 g/mol. The smallest absolute Gasteiger partial charge is 0.269 e. The van der Waals surface area contributed by atoms with Crippen molar-refractivity contribution in [2.75, 3.05) is 4.90 Å². The molecule has 0 spiro atoms. The third kappa shape index (κ3) is 2.66. The van der Waals surface area contributed by atoms with Crippen molar-refractivity contribution in [1.82, 2.24) is 0 Å². The number of nitro groups is 1. The Labute approximate surface area is 98.0 Å². The summed E-state index contributed by atoms with van der Waals surface area (Å²) in [6.07, 6.45) is 0. The van der Waals surface area contributed by atoms with E-state index >= 15 is 0 Å². The summed E-state index contributed by atoms with van der Waals surface area (Å²) in [6.45, 7) is 4.14. The Morgan fingerprint density at radius 3 is 2.12 bits per heavy atom. The van der Waals surface area contributed by atoms with Gasteiger partial charge >= 0.3 is 0 Å². The van der Waals surface area contributed by atoms with E-state index in [1.165, 1.54) is 32.0 Å². The first kappa shape index (κ1) is 12.8. The molecule has 0 aliphatic carbocycles. The van der Waals surface area contributed by atoms with Gasteiger partial charge in [-0.15, -0.1) is 0 Å². The van der Waals surface area contributed by atoms with Crippen molar-refractivity contribution >= 4 is 23.2 Å². The van der Waals surface area contributed by atoms with Gasteiger partial charge in [0.15, 0.2) is 0 Å². The maximum Gasteiger partial charge on any atom is 0.269 e. The maximum atomic E-state index is 11.3. The molecule has 0 saturated carbocycles. The number of aryl methyl sites for hydroxylation is 1. The minimum Gasteiger partial charge on any atom is -0.274 e. The van der Waals surface area contributed by atoms with E-state index in [4.69, 9.17) is 0 Å². The van der Waals surface area contributed by atoms with Crippen LogP contribution in [-0.2, 0) is 9.59 Å². The Hall–Kier alpha value is -2.24. The van der Waals surface area contributed by atoms with Crippen LogP contribution in [0.5, 0.6) is 0 Å². The average Bonchev–Trinajstić information content (AvgIpc) is 2.19. The van der Waals surface area contributed by atoms with Gasteiger partial charge in [0.25, 0.3) is 5.69 Å². The summed E-state index contributed by atoms with van der Waals surface area (Å²) in [5.74, 6) is -0.844. The molecule has 0 radical (unpaired) electrons. The lowest BCUT2D eigenvalue weighted by molar-refractivity contribution is -0.384. The van der Waals surface area contributed by atoms with Crippen molar-refractivity contribution in [2.45, 2.75) is 20.8 Å². The van der Waals surface area contributed by atoms with Crippen molar-refractivity contribution < 1.29 is 14.5 Å². The lowest BCUT2D eigenvalue weighted by Crippen LogP contribution is -2.33. The highest BCUT2D eigenvalue weighted by Gasteiger charge is 2.19. The Morgan fingerprint density at radius 2 is 1.76 bits per heavy atom. The fourth-order valence-electron chi connectivity index (χ4n) is 1.57. The molecule has 6 nitrogen and oxygen atoms in total. The van der Waals surface area contributed by atoms with Gasteiger partial charge in [0.1, 0.15) is 0 Å². The third-order valence-corrected chi connectivity index (χ3v) is 2.26. The monoisotopic (exact) mass is 236 g/mol. The predicted molar refractivity (Wildman–Crippen MR) is 61.7 cm³/mol. The number of amides is 2. The summed E-state index contributed by atoms with van der Waals surface area (Å²) in [5, 5.41) is 10.6. The Bertz CT molecular complexity index is 482. The van der Waals surface area contributed by atoms with Gasteiger partial charge in [0.2, 0.25) is 11.8 Å². The summed E-state index contributed by atoms with van der Waals surface area (Å²) < 4.78 is 0. The third-order valence-electron chi connectivity index (χ3n) is 2.26. The van der Waals surface area contributed by atoms with Crippen molar-refractivity contribution in [1.29, 1.82) is 0 Å². The molecule has 1 rings (SSSR count). The van der Waals surface area contributed by atoms with E-state index < -0.39 is 16.7 Å². The van der Waals surface area contributed by atoms with Crippen LogP contribution in [0.4, 0.5) is 11.4 Å². The van der Waals surface area contributed by atoms with E-state index in [0.29, 0.717) is 11.3 Å². The lowest BCUT2D eigenvalue weighted by atomic mass is 10.1. The molecule has 1 aromatic carbocycles. The molecule has 0 saturated heterocycles. The summed E-state index contributed by atoms with van der Waals surface area (Å²) in [6, 6.07) is 3.99. The van der Waals surface area contributed by atoms with E-state index in [1.54, 1.807) is 6.92 Å². The minimum absolute atomic E-state index is 0.0710. The van der Waals surface area contributed by atoms with Gasteiger partial charge in [-0.1, -0.05) is 0 Å². The standard InChI is InChI=1S/C11H12N2O4/c1-7-6-10(13(16)17)4-5-11(7)12(8(2)14)9(3)15/h4-6H,1-3H3. The van der Waals surface area contributed by atoms with Gasteiger partial charge in [-0.25, -0.2) is 0 Å². The molecule has 0 unspecified atom stereocenters. The number of imide groups is 1. The number of rotatable bonds is 2. The average molecular weight is 236 g/mol. The highest BCUT2D eigenvalue weighted by atomic mass is 16.6. The number of non-ortho nitro benzene ring substituents is 1. The Balaban J connectivity index is 3.27. The first-order valence-electron chi connectivity index (χ1n) is 4.91. The van der Waals surface area contributed by atoms with Crippen LogP contribution in [0.3, 0.4) is 0 Å². The number of benzene rings is 1. The molecule has 0 atom stereocenters. The van der Waals surface area contributed by atoms with Crippen molar-refractivity contribution in [3.8, 4) is 0 Å². The quantitative estimate of drug-likeness (QED) is 0.579. The molecule has 17 heavy (non-hydrogen) atoms. The Morgan fingerprint density at radius 1 is 1.24 bits per heavy atom. The molecule has 0 aliphatic heterocycles. The molecule has 90 valence electrons. The maximum absolute atomic E-state index is 11.3. The summed E-state index contributed by atoms with van der Waals surface area (Å²) in [7, 11) is 0. The van der Waals surface area contributed by atoms with Crippen LogP contribution in [0.1, 0.15) is 19.4 Å². The molecule has 0 heterocycles. The van der Waals surface area contributed by atoms with E-state index in [0.717, 1.165) is 4.90 Å². The molecule has 2 amide bonds. The minimum atomic E-state index is -0.525. The van der Waals surface area contributed by atoms with Crippen LogP contribution in [0.25, 0.3) is 0 Å². The fourth-order valence-corrected chi connectivity index (χ4v) is 1.57. The number of carbonyl (C=O) groups excluding carboxylic acids is 2. The zero-order valence-electron chi connectivity index (χ0n) is 9.76. The van der Waals surface area contributed by atoms with Gasteiger partial charge in [-0.2, -0.15) is 0 Å². The van der Waals surface area contributed by atoms with Crippen LogP contribution in [0.15, 0.2) is 18.2 Å². The number of nitrogens with zero attached hydrogens (tertiary/aromatic N) is 2. The van der Waals surface area contributed by atoms with Crippen LogP contribution < -0.4 is 4.90 Å². The summed E-state index contributed by atoms with van der Waals surface area (Å²) >= 11 is 0. The zero-order chi connectivity index (χ0) is 13.2. The van der Waals surface area contributed by atoms with E-state index in [1.807, 2.05) is 0 Å². The largest absolute Gasteiger partial charge is 0.274 e. The molecule has 0 N–H and O–H groups in total. The van der Waals surface area contributed by atoms with Gasteiger partial charge in [0, 0.05) is 26.0 Å². The van der Waals surface area contributed by atoms with Gasteiger partial charge in [-0.3, -0.25) is 24.6 Å². The summed E-state index contributed by atoms with van der Waals surface area (Å²) in [5.41, 5.74) is 0.804. The number of nitro benzene ring substituents is 1. The van der Waals surface area contributed by atoms with Crippen LogP contribution in [-0.4, -0.2) is 16.7 Å². The van der Waals surface area contributed by atoms with Crippen molar-refractivity contribution in [2.24, 2.45) is 0 Å². The number of carbonyl (C=O) groups is 2. The second kappa shape index (κ2) is 4.73. The number of hydrogen-bond acceptors (Lipinski definition) is 4. The molecule has 1 aromatic rings. The van der Waals surface area contributed by atoms with Gasteiger partial charge < -0.3 is 0 Å². The van der Waals surface area contributed by atoms with Crippen LogP contribution in [0, 0.1) is 17.0 Å². The van der Waals surface area contributed by atoms with Crippen LogP contribution >= 0.6 is 0 Å². The topological polar surface area (TPSA) is 80.5 Å². The number of hydrogen-bond donors (Lipinski definition) is 0. The van der Waals surface area contributed by atoms with Gasteiger partial charge in [-0.05, 0) is 18.6 Å². The van der Waals surface area contributed by atoms with Crippen LogP contribution in [0.2, 0.25) is 0 Å². The van der Waals surface area contributed by atoms with E-state index in [2.05, 4.69) is 0 Å². The fraction of sp³-hybridized carbons (Fsp3) is 0.273. The number of anilines is 1. The molecule has 0 bridgehead atoms. The summed E-state index contributed by atoms with van der Waals surface area (Å²) in [4.78, 5) is 33.7. The second-order valence-electron chi connectivity index (χ2n) is 3.60. The normalized spacial score (nSPS) is 9.82. The predicted octanol–water partition coefficient (Wildman–Crippen LogP) is 1.80. The van der Waals surface area contributed by atoms with E-state index in [9.17, 15) is 19.7 Å². The van der Waals surface area contributed by atoms with Crippen molar-refractivity contribution in [3.63, 3.8) is 0 Å². The highest BCUT2D eigenvalue weighted by molar-refractivity contribution is 6.13. The van der Waals surface area contributed by atoms with Gasteiger partial charge in [0.05, 0.1) is 10.6 Å². The first-order chi connectivity index (χ1) is 7.84.